The summed E-state index contributed by atoms with van der Waals surface area (Å²) >= 11 is 1.90. The molecular formula is C22H27F3IN3O7. The van der Waals surface area contributed by atoms with Crippen molar-refractivity contribution in [3.63, 3.8) is 0 Å². The minimum absolute atomic E-state index is 0.470. The largest absolute Gasteiger partial charge is 0.411 e. The molecule has 0 aromatic rings. The van der Waals surface area contributed by atoms with Gasteiger partial charge < -0.3 is 19.8 Å². The minimum atomic E-state index is -5.38. The number of urea groups is 1. The van der Waals surface area contributed by atoms with E-state index in [0.717, 1.165) is 0 Å². The average Bonchev–Trinajstić information content (AvgIpc) is 3.09. The molecular weight excluding hydrogens is 602 g/mol. The molecule has 0 saturated carbocycles. The zero-order chi connectivity index (χ0) is 27.4. The fourth-order valence-electron chi connectivity index (χ4n) is 4.64. The Labute approximate surface area is 218 Å². The summed E-state index contributed by atoms with van der Waals surface area (Å²) in [6.07, 6.45) is -4.41. The van der Waals surface area contributed by atoms with E-state index < -0.39 is 84.1 Å². The van der Waals surface area contributed by atoms with Gasteiger partial charge in [-0.2, -0.15) is 13.2 Å². The smallest absolute Gasteiger partial charge is 0.394 e. The van der Waals surface area contributed by atoms with Gasteiger partial charge in [0.05, 0.1) is 13.2 Å². The SMILES string of the molecule is CN1C=CC=C(I)C1C(=O)[C@]1(O)C[C@H](N2CC(C(=O)C(C)(C)C)(C(F)(F)F)C(=O)NC2=O)O[C@@H]1CO. The Balaban J connectivity index is 2.00. The quantitative estimate of drug-likeness (QED) is 0.306. The van der Waals surface area contributed by atoms with E-state index in [1.807, 2.05) is 22.6 Å². The lowest BCUT2D eigenvalue weighted by Gasteiger charge is -2.44. The number of nitrogens with zero attached hydrogens (tertiary/aromatic N) is 2. The third kappa shape index (κ3) is 4.45. The van der Waals surface area contributed by atoms with Gasteiger partial charge in [-0.25, -0.2) is 4.79 Å². The van der Waals surface area contributed by atoms with Crippen LogP contribution >= 0.6 is 22.6 Å². The molecule has 10 nitrogen and oxygen atoms in total. The third-order valence-electron chi connectivity index (χ3n) is 6.60. The number of amides is 3. The molecule has 36 heavy (non-hydrogen) atoms. The van der Waals surface area contributed by atoms with Crippen LogP contribution in [-0.4, -0.2) is 93.9 Å². The van der Waals surface area contributed by atoms with E-state index in [9.17, 15) is 42.6 Å². The first-order valence-corrected chi connectivity index (χ1v) is 12.0. The molecule has 0 radical (unpaired) electrons. The van der Waals surface area contributed by atoms with Gasteiger partial charge in [0.2, 0.25) is 5.41 Å². The number of aliphatic hydroxyl groups excluding tert-OH is 1. The van der Waals surface area contributed by atoms with Crippen LogP contribution in [0.1, 0.15) is 27.2 Å². The normalized spacial score (nSPS) is 33.5. The molecule has 200 valence electrons. The number of halogens is 4. The Hall–Kier alpha value is -2.04. The Kier molecular flexibility index (Phi) is 7.42. The lowest BCUT2D eigenvalue weighted by Crippen LogP contribution is -2.71. The van der Waals surface area contributed by atoms with E-state index >= 15 is 0 Å². The summed E-state index contributed by atoms with van der Waals surface area (Å²) in [6, 6.07) is -2.25. The predicted molar refractivity (Wildman–Crippen MR) is 126 cm³/mol. The van der Waals surface area contributed by atoms with E-state index in [2.05, 4.69) is 0 Å². The number of carbonyl (C=O) groups excluding carboxylic acids is 4. The number of allylic oxidation sites excluding steroid dienone is 2. The molecule has 0 spiro atoms. The van der Waals surface area contributed by atoms with Crippen molar-refractivity contribution in [3.05, 3.63) is 21.9 Å². The topological polar surface area (TPSA) is 136 Å². The van der Waals surface area contributed by atoms with Gasteiger partial charge in [0.15, 0.2) is 17.2 Å². The molecule has 0 aromatic carbocycles. The third-order valence-corrected chi connectivity index (χ3v) is 7.55. The Morgan fingerprint density at radius 3 is 2.39 bits per heavy atom. The van der Waals surface area contributed by atoms with Crippen LogP contribution in [0.15, 0.2) is 21.9 Å². The summed E-state index contributed by atoms with van der Waals surface area (Å²) in [6.45, 7) is 1.35. The van der Waals surface area contributed by atoms with E-state index in [1.54, 1.807) is 30.7 Å². The van der Waals surface area contributed by atoms with E-state index in [-0.39, 0.29) is 0 Å². The lowest BCUT2D eigenvalue weighted by atomic mass is 9.69. The maximum atomic E-state index is 14.3. The fourth-order valence-corrected chi connectivity index (χ4v) is 5.57. The maximum Gasteiger partial charge on any atom is 0.411 e. The molecule has 3 N–H and O–H groups in total. The molecule has 5 atom stereocenters. The first kappa shape index (κ1) is 28.5. The number of imide groups is 1. The second-order valence-electron chi connectivity index (χ2n) is 10.1. The molecule has 3 heterocycles. The molecule has 3 aliphatic rings. The van der Waals surface area contributed by atoms with Gasteiger partial charge >= 0.3 is 12.2 Å². The number of Topliss-reactive ketones (excluding diaryl/α,β-unsaturated/α-hetero) is 2. The number of hydrogen-bond acceptors (Lipinski definition) is 8. The fraction of sp³-hybridized carbons (Fsp3) is 0.636. The maximum absolute atomic E-state index is 14.3. The van der Waals surface area contributed by atoms with Gasteiger partial charge in [0.25, 0.3) is 5.91 Å². The van der Waals surface area contributed by atoms with Crippen LogP contribution in [0.5, 0.6) is 0 Å². The molecule has 2 unspecified atom stereocenters. The first-order chi connectivity index (χ1) is 16.4. The number of ketones is 2. The number of ether oxygens (including phenoxy) is 1. The molecule has 0 bridgehead atoms. The first-order valence-electron chi connectivity index (χ1n) is 10.9. The van der Waals surface area contributed by atoms with Gasteiger partial charge in [-0.1, -0.05) is 20.8 Å². The molecule has 2 fully saturated rings. The van der Waals surface area contributed by atoms with Crippen molar-refractivity contribution in [2.24, 2.45) is 10.8 Å². The zero-order valence-electron chi connectivity index (χ0n) is 19.9. The van der Waals surface area contributed by atoms with Crippen molar-refractivity contribution in [1.29, 1.82) is 0 Å². The second kappa shape index (κ2) is 9.36. The summed E-state index contributed by atoms with van der Waals surface area (Å²) < 4.78 is 49.1. The van der Waals surface area contributed by atoms with Crippen LogP contribution in [0.3, 0.4) is 0 Å². The highest BCUT2D eigenvalue weighted by Crippen LogP contribution is 2.47. The molecule has 14 heteroatoms. The molecule has 2 saturated heterocycles. The second-order valence-corrected chi connectivity index (χ2v) is 11.3. The molecule has 0 aliphatic carbocycles. The van der Waals surface area contributed by atoms with Crippen molar-refractivity contribution in [2.75, 3.05) is 20.2 Å². The summed E-state index contributed by atoms with van der Waals surface area (Å²) in [7, 11) is 1.58. The van der Waals surface area contributed by atoms with Crippen molar-refractivity contribution in [1.82, 2.24) is 15.1 Å². The molecule has 0 aromatic heterocycles. The Morgan fingerprint density at radius 1 is 1.28 bits per heavy atom. The van der Waals surface area contributed by atoms with Crippen LogP contribution in [-0.2, 0) is 19.1 Å². The minimum Gasteiger partial charge on any atom is -0.394 e. The lowest BCUT2D eigenvalue weighted by molar-refractivity contribution is -0.231. The van der Waals surface area contributed by atoms with Crippen LogP contribution < -0.4 is 5.32 Å². The number of nitrogens with one attached hydrogen (secondary N) is 1. The van der Waals surface area contributed by atoms with Crippen molar-refractivity contribution in [2.45, 2.75) is 57.3 Å². The standard InChI is InChI=1S/C22H27F3IN3O7/c1-19(2,3)16(32)20(22(23,24)25)10-29(18(34)27-17(20)33)13-8-21(35,12(9-30)36-13)15(31)14-11(26)6-5-7-28(14)4/h5-7,12-14,30,35H,8-10H2,1-4H3,(H,27,33,34)/t12-,13-,14?,20?,21+/m1/s1. The highest BCUT2D eigenvalue weighted by molar-refractivity contribution is 14.1. The van der Waals surface area contributed by atoms with Crippen molar-refractivity contribution < 1.29 is 47.3 Å². The number of hydrogen-bond donors (Lipinski definition) is 3. The Bertz CT molecular complexity index is 1040. The number of aliphatic hydroxyl groups is 2. The van der Waals surface area contributed by atoms with Crippen molar-refractivity contribution in [3.8, 4) is 0 Å². The summed E-state index contributed by atoms with van der Waals surface area (Å²) in [4.78, 5) is 53.6. The molecule has 3 amide bonds. The van der Waals surface area contributed by atoms with Crippen LogP contribution in [0, 0.1) is 10.8 Å². The van der Waals surface area contributed by atoms with E-state index in [0.29, 0.717) is 8.48 Å². The highest BCUT2D eigenvalue weighted by Gasteiger charge is 2.71. The predicted octanol–water partition coefficient (Wildman–Crippen LogP) is 1.26. The molecule has 3 rings (SSSR count). The van der Waals surface area contributed by atoms with Gasteiger partial charge in [0.1, 0.15) is 18.4 Å². The number of carbonyl (C=O) groups is 4. The van der Waals surface area contributed by atoms with Crippen molar-refractivity contribution >= 4 is 46.1 Å². The number of alkyl halides is 3. The zero-order valence-corrected chi connectivity index (χ0v) is 22.1. The highest BCUT2D eigenvalue weighted by atomic mass is 127. The summed E-state index contributed by atoms with van der Waals surface area (Å²) in [5.41, 5.74) is -7.60. The number of rotatable bonds is 5. The Morgan fingerprint density at radius 2 is 1.89 bits per heavy atom. The molecule has 3 aliphatic heterocycles. The average molecular weight is 629 g/mol. The van der Waals surface area contributed by atoms with Gasteiger partial charge in [0, 0.05) is 22.5 Å². The van der Waals surface area contributed by atoms with E-state index in [1.165, 1.54) is 25.7 Å². The summed E-state index contributed by atoms with van der Waals surface area (Å²) in [5, 5.41) is 22.8. The van der Waals surface area contributed by atoms with Crippen LogP contribution in [0.4, 0.5) is 18.0 Å². The van der Waals surface area contributed by atoms with Crippen LogP contribution in [0.2, 0.25) is 0 Å². The van der Waals surface area contributed by atoms with Gasteiger partial charge in [-0.15, -0.1) is 0 Å². The van der Waals surface area contributed by atoms with E-state index in [4.69, 9.17) is 4.74 Å². The van der Waals surface area contributed by atoms with Gasteiger partial charge in [-0.3, -0.25) is 24.6 Å². The monoisotopic (exact) mass is 629 g/mol. The van der Waals surface area contributed by atoms with Crippen LogP contribution in [0.25, 0.3) is 0 Å². The summed E-state index contributed by atoms with van der Waals surface area (Å²) in [5.74, 6) is -4.07. The van der Waals surface area contributed by atoms with Gasteiger partial charge in [-0.05, 0) is 40.9 Å². The number of likely N-dealkylation sites (N-methyl/N-ethyl adjacent to an activating group) is 1.